The van der Waals surface area contributed by atoms with Crippen molar-refractivity contribution in [3.8, 4) is 11.1 Å². The Bertz CT molecular complexity index is 1260. The van der Waals surface area contributed by atoms with Crippen molar-refractivity contribution in [1.82, 2.24) is 9.97 Å². The fourth-order valence-electron chi connectivity index (χ4n) is 3.40. The van der Waals surface area contributed by atoms with Crippen LogP contribution >= 0.6 is 0 Å². The van der Waals surface area contributed by atoms with Crippen LogP contribution in [-0.2, 0) is 0 Å². The number of rotatable bonds is 3. The van der Waals surface area contributed by atoms with Crippen molar-refractivity contribution in [2.24, 2.45) is 0 Å². The molecular weight excluding hydrogens is 328 g/mol. The Morgan fingerprint density at radius 2 is 1.44 bits per heavy atom. The second-order valence-corrected chi connectivity index (χ2v) is 6.66. The van der Waals surface area contributed by atoms with Crippen molar-refractivity contribution < 1.29 is 0 Å². The highest BCUT2D eigenvalue weighted by Crippen LogP contribution is 2.24. The number of aromatic nitrogens is 2. The normalized spacial score (nSPS) is 11.6. The third-order valence-corrected chi connectivity index (χ3v) is 4.82. The van der Waals surface area contributed by atoms with Gasteiger partial charge >= 0.3 is 0 Å². The third kappa shape index (κ3) is 3.13. The number of H-pyrrole nitrogens is 1. The van der Waals surface area contributed by atoms with Gasteiger partial charge in [-0.1, -0.05) is 78.9 Å². The molecule has 4 aromatic carbocycles. The monoisotopic (exact) mass is 346 g/mol. The molecule has 2 nitrogen and oxygen atoms in total. The fraction of sp³-hybridized carbons (Fsp3) is 0. The summed E-state index contributed by atoms with van der Waals surface area (Å²) in [5.74, 6) is 0.864. The van der Waals surface area contributed by atoms with Crippen LogP contribution in [0.3, 0.4) is 0 Å². The zero-order valence-corrected chi connectivity index (χ0v) is 14.8. The first-order valence-corrected chi connectivity index (χ1v) is 9.07. The molecule has 0 fully saturated rings. The predicted octanol–water partition coefficient (Wildman–Crippen LogP) is 6.55. The van der Waals surface area contributed by atoms with Crippen LogP contribution in [0.1, 0.15) is 11.4 Å². The number of aromatic amines is 1. The molecule has 0 aliphatic rings. The van der Waals surface area contributed by atoms with Gasteiger partial charge in [0.05, 0.1) is 11.0 Å². The summed E-state index contributed by atoms with van der Waals surface area (Å²) >= 11 is 0. The first-order chi connectivity index (χ1) is 13.3. The van der Waals surface area contributed by atoms with Gasteiger partial charge in [0, 0.05) is 0 Å². The molecule has 0 aliphatic carbocycles. The summed E-state index contributed by atoms with van der Waals surface area (Å²) < 4.78 is 0. The molecule has 2 heteroatoms. The van der Waals surface area contributed by atoms with Crippen molar-refractivity contribution in [1.29, 1.82) is 0 Å². The van der Waals surface area contributed by atoms with E-state index in [1.54, 1.807) is 0 Å². The van der Waals surface area contributed by atoms with Gasteiger partial charge in [0.25, 0.3) is 0 Å². The minimum absolute atomic E-state index is 0.864. The van der Waals surface area contributed by atoms with Crippen LogP contribution in [0.25, 0.3) is 45.1 Å². The van der Waals surface area contributed by atoms with E-state index in [1.807, 2.05) is 12.1 Å². The Morgan fingerprint density at radius 1 is 0.630 bits per heavy atom. The number of nitrogens with one attached hydrogen (secondary N) is 1. The van der Waals surface area contributed by atoms with E-state index in [-0.39, 0.29) is 0 Å². The molecule has 128 valence electrons. The highest BCUT2D eigenvalue weighted by molar-refractivity contribution is 5.87. The SMILES string of the molecule is C(=Cc1nc2cc(-c3ccccc3)ccc2[nH]1)c1ccc2ccccc2c1. The van der Waals surface area contributed by atoms with E-state index in [4.69, 9.17) is 4.98 Å². The highest BCUT2D eigenvalue weighted by atomic mass is 14.9. The molecule has 1 aromatic heterocycles. The maximum absolute atomic E-state index is 4.73. The maximum Gasteiger partial charge on any atom is 0.131 e. The average Bonchev–Trinajstić information content (AvgIpc) is 3.15. The summed E-state index contributed by atoms with van der Waals surface area (Å²) in [6, 6.07) is 31.6. The van der Waals surface area contributed by atoms with E-state index in [9.17, 15) is 0 Å². The molecule has 0 amide bonds. The van der Waals surface area contributed by atoms with Gasteiger partial charge in [-0.05, 0) is 51.7 Å². The molecule has 27 heavy (non-hydrogen) atoms. The van der Waals surface area contributed by atoms with Crippen LogP contribution < -0.4 is 0 Å². The molecule has 0 spiro atoms. The summed E-state index contributed by atoms with van der Waals surface area (Å²) in [7, 11) is 0. The second-order valence-electron chi connectivity index (χ2n) is 6.66. The van der Waals surface area contributed by atoms with Crippen LogP contribution in [0.5, 0.6) is 0 Å². The molecule has 5 rings (SSSR count). The standard InChI is InChI=1S/C25H18N2/c1-2-6-19(7-3-1)22-13-14-23-24(17-22)27-25(26-23)15-11-18-10-12-20-8-4-5-9-21(20)16-18/h1-17H,(H,26,27). The third-order valence-electron chi connectivity index (χ3n) is 4.82. The average molecular weight is 346 g/mol. The Balaban J connectivity index is 1.46. The van der Waals surface area contributed by atoms with Crippen LogP contribution in [0.15, 0.2) is 91.0 Å². The molecule has 0 saturated carbocycles. The molecule has 5 aromatic rings. The van der Waals surface area contributed by atoms with E-state index in [0.29, 0.717) is 0 Å². The molecule has 0 saturated heterocycles. The summed E-state index contributed by atoms with van der Waals surface area (Å²) in [6.45, 7) is 0. The van der Waals surface area contributed by atoms with E-state index in [0.717, 1.165) is 16.9 Å². The van der Waals surface area contributed by atoms with E-state index < -0.39 is 0 Å². The first-order valence-electron chi connectivity index (χ1n) is 9.07. The molecule has 1 N–H and O–H groups in total. The summed E-state index contributed by atoms with van der Waals surface area (Å²) in [4.78, 5) is 8.12. The van der Waals surface area contributed by atoms with Gasteiger partial charge in [0.2, 0.25) is 0 Å². The van der Waals surface area contributed by atoms with E-state index >= 15 is 0 Å². The predicted molar refractivity (Wildman–Crippen MR) is 114 cm³/mol. The molecule has 0 radical (unpaired) electrons. The zero-order chi connectivity index (χ0) is 18.1. The van der Waals surface area contributed by atoms with Gasteiger partial charge in [-0.3, -0.25) is 0 Å². The lowest BCUT2D eigenvalue weighted by atomic mass is 10.1. The Labute approximate surface area is 157 Å². The van der Waals surface area contributed by atoms with Crippen molar-refractivity contribution in [3.05, 3.63) is 102 Å². The van der Waals surface area contributed by atoms with Crippen molar-refractivity contribution in [2.45, 2.75) is 0 Å². The molecule has 0 bridgehead atoms. The lowest BCUT2D eigenvalue weighted by molar-refractivity contribution is 1.29. The minimum atomic E-state index is 0.864. The topological polar surface area (TPSA) is 28.7 Å². The minimum Gasteiger partial charge on any atom is -0.338 e. The summed E-state index contributed by atoms with van der Waals surface area (Å²) in [6.07, 6.45) is 4.13. The maximum atomic E-state index is 4.73. The number of imidazole rings is 1. The van der Waals surface area contributed by atoms with Gasteiger partial charge in [0.1, 0.15) is 5.82 Å². The van der Waals surface area contributed by atoms with Crippen LogP contribution in [0.2, 0.25) is 0 Å². The number of hydrogen-bond donors (Lipinski definition) is 1. The molecule has 0 unspecified atom stereocenters. The Hall–Kier alpha value is -3.65. The largest absolute Gasteiger partial charge is 0.338 e. The molecule has 1 heterocycles. The smallest absolute Gasteiger partial charge is 0.131 e. The van der Waals surface area contributed by atoms with Crippen LogP contribution in [0, 0.1) is 0 Å². The quantitative estimate of drug-likeness (QED) is 0.394. The highest BCUT2D eigenvalue weighted by Gasteiger charge is 2.03. The molecule has 0 atom stereocenters. The van der Waals surface area contributed by atoms with E-state index in [2.05, 4.69) is 96.0 Å². The van der Waals surface area contributed by atoms with Gasteiger partial charge in [-0.25, -0.2) is 4.98 Å². The Kier molecular flexibility index (Phi) is 3.80. The van der Waals surface area contributed by atoms with Crippen molar-refractivity contribution in [3.63, 3.8) is 0 Å². The summed E-state index contributed by atoms with van der Waals surface area (Å²) in [5.41, 5.74) is 5.58. The molecule has 0 aliphatic heterocycles. The fourth-order valence-corrected chi connectivity index (χ4v) is 3.40. The van der Waals surface area contributed by atoms with Gasteiger partial charge in [-0.2, -0.15) is 0 Å². The van der Waals surface area contributed by atoms with Gasteiger partial charge < -0.3 is 4.98 Å². The Morgan fingerprint density at radius 3 is 2.33 bits per heavy atom. The number of fused-ring (bicyclic) bond motifs is 2. The first kappa shape index (κ1) is 15.6. The van der Waals surface area contributed by atoms with Crippen LogP contribution in [-0.4, -0.2) is 9.97 Å². The molecular formula is C25H18N2. The lowest BCUT2D eigenvalue weighted by Crippen LogP contribution is -1.77. The van der Waals surface area contributed by atoms with E-state index in [1.165, 1.54) is 27.5 Å². The van der Waals surface area contributed by atoms with Crippen LogP contribution in [0.4, 0.5) is 0 Å². The van der Waals surface area contributed by atoms with Crippen molar-refractivity contribution >= 4 is 34.0 Å². The summed E-state index contributed by atoms with van der Waals surface area (Å²) in [5, 5.41) is 2.50. The lowest BCUT2D eigenvalue weighted by Gasteiger charge is -2.00. The zero-order valence-electron chi connectivity index (χ0n) is 14.8. The second kappa shape index (κ2) is 6.58. The number of nitrogens with zero attached hydrogens (tertiary/aromatic N) is 1. The number of benzene rings is 4. The van der Waals surface area contributed by atoms with Gasteiger partial charge in [-0.15, -0.1) is 0 Å². The number of hydrogen-bond acceptors (Lipinski definition) is 1. The van der Waals surface area contributed by atoms with Gasteiger partial charge in [0.15, 0.2) is 0 Å². The van der Waals surface area contributed by atoms with Crippen molar-refractivity contribution in [2.75, 3.05) is 0 Å².